The van der Waals surface area contributed by atoms with E-state index >= 15 is 0 Å². The van der Waals surface area contributed by atoms with E-state index in [1.54, 1.807) is 10.7 Å². The number of aromatic nitrogens is 2. The second kappa shape index (κ2) is 6.50. The zero-order valence-corrected chi connectivity index (χ0v) is 13.1. The average molecular weight is 320 g/mol. The van der Waals surface area contributed by atoms with E-state index in [0.29, 0.717) is 17.3 Å². The topological polar surface area (TPSA) is 56.2 Å². The Morgan fingerprint density at radius 2 is 2.23 bits per heavy atom. The molecule has 1 N–H and O–H groups in total. The summed E-state index contributed by atoms with van der Waals surface area (Å²) < 4.78 is 7.19. The van der Waals surface area contributed by atoms with Crippen LogP contribution in [0, 0.1) is 0 Å². The van der Waals surface area contributed by atoms with Gasteiger partial charge in [0.1, 0.15) is 0 Å². The molecule has 1 aliphatic rings. The monoisotopic (exact) mass is 319 g/mol. The van der Waals surface area contributed by atoms with E-state index in [9.17, 15) is 4.79 Å². The van der Waals surface area contributed by atoms with Gasteiger partial charge in [0.2, 0.25) is 0 Å². The number of amides is 1. The van der Waals surface area contributed by atoms with Crippen LogP contribution in [0.2, 0.25) is 5.02 Å². The highest BCUT2D eigenvalue weighted by molar-refractivity contribution is 6.30. The Morgan fingerprint density at radius 1 is 1.45 bits per heavy atom. The van der Waals surface area contributed by atoms with Crippen LogP contribution in [0.15, 0.2) is 30.3 Å². The normalized spacial score (nSPS) is 17.6. The van der Waals surface area contributed by atoms with Gasteiger partial charge in [-0.05, 0) is 36.6 Å². The number of nitrogens with zero attached hydrogens (tertiary/aromatic N) is 2. The Labute approximate surface area is 134 Å². The van der Waals surface area contributed by atoms with Crippen LogP contribution in [0.3, 0.4) is 0 Å². The summed E-state index contributed by atoms with van der Waals surface area (Å²) in [7, 11) is 1.82. The van der Waals surface area contributed by atoms with Crippen LogP contribution in [0.25, 0.3) is 11.3 Å². The minimum absolute atomic E-state index is 0.128. The summed E-state index contributed by atoms with van der Waals surface area (Å²) in [6.45, 7) is 1.32. The fourth-order valence-corrected chi connectivity index (χ4v) is 2.70. The smallest absolute Gasteiger partial charge is 0.271 e. The average Bonchev–Trinajstić information content (AvgIpc) is 3.15. The summed E-state index contributed by atoms with van der Waals surface area (Å²) in [6.07, 6.45) is 2.19. The van der Waals surface area contributed by atoms with E-state index in [1.807, 2.05) is 31.3 Å². The molecule has 22 heavy (non-hydrogen) atoms. The maximum atomic E-state index is 12.2. The maximum absolute atomic E-state index is 12.2. The highest BCUT2D eigenvalue weighted by atomic mass is 35.5. The number of hydrogen-bond acceptors (Lipinski definition) is 3. The quantitative estimate of drug-likeness (QED) is 0.942. The minimum Gasteiger partial charge on any atom is -0.376 e. The second-order valence-electron chi connectivity index (χ2n) is 5.39. The molecular weight excluding hydrogens is 302 g/mol. The van der Waals surface area contributed by atoms with Crippen LogP contribution in [0.4, 0.5) is 0 Å². The number of halogens is 1. The Bertz CT molecular complexity index is 661. The summed E-state index contributed by atoms with van der Waals surface area (Å²) in [5, 5.41) is 7.85. The number of aryl methyl sites for hydroxylation is 1. The first-order valence-electron chi connectivity index (χ1n) is 7.33. The molecule has 0 aliphatic carbocycles. The van der Waals surface area contributed by atoms with Crippen LogP contribution < -0.4 is 5.32 Å². The fraction of sp³-hybridized carbons (Fsp3) is 0.375. The van der Waals surface area contributed by atoms with Crippen LogP contribution in [-0.2, 0) is 11.8 Å². The van der Waals surface area contributed by atoms with Crippen LogP contribution in [0.5, 0.6) is 0 Å². The highest BCUT2D eigenvalue weighted by Gasteiger charge is 2.18. The fourth-order valence-electron chi connectivity index (χ4n) is 2.57. The molecule has 1 fully saturated rings. The molecule has 2 aromatic rings. The highest BCUT2D eigenvalue weighted by Crippen LogP contribution is 2.22. The van der Waals surface area contributed by atoms with Crippen molar-refractivity contribution in [3.63, 3.8) is 0 Å². The van der Waals surface area contributed by atoms with E-state index in [4.69, 9.17) is 16.3 Å². The zero-order chi connectivity index (χ0) is 15.5. The van der Waals surface area contributed by atoms with E-state index in [0.717, 1.165) is 30.7 Å². The largest absolute Gasteiger partial charge is 0.376 e. The van der Waals surface area contributed by atoms with Crippen molar-refractivity contribution in [3.05, 3.63) is 41.0 Å². The first-order chi connectivity index (χ1) is 10.6. The van der Waals surface area contributed by atoms with E-state index in [2.05, 4.69) is 10.4 Å². The Kier molecular flexibility index (Phi) is 4.45. The molecule has 1 aromatic carbocycles. The third-order valence-electron chi connectivity index (χ3n) is 3.77. The second-order valence-corrected chi connectivity index (χ2v) is 5.83. The number of nitrogens with one attached hydrogen (secondary N) is 1. The molecule has 1 aromatic heterocycles. The van der Waals surface area contributed by atoms with Gasteiger partial charge in [-0.2, -0.15) is 5.10 Å². The first kappa shape index (κ1) is 15.1. The lowest BCUT2D eigenvalue weighted by Crippen LogP contribution is -2.32. The van der Waals surface area contributed by atoms with Crippen molar-refractivity contribution in [2.75, 3.05) is 13.2 Å². The molecule has 0 spiro atoms. The van der Waals surface area contributed by atoms with E-state index < -0.39 is 0 Å². The summed E-state index contributed by atoms with van der Waals surface area (Å²) >= 11 is 5.90. The number of benzene rings is 1. The van der Waals surface area contributed by atoms with E-state index in [1.165, 1.54) is 0 Å². The van der Waals surface area contributed by atoms with Crippen LogP contribution in [-0.4, -0.2) is 34.9 Å². The molecule has 6 heteroatoms. The standard InChI is InChI=1S/C16H18ClN3O2/c1-20-15(11-4-6-12(17)7-5-11)9-14(19-20)16(21)18-10-13-3-2-8-22-13/h4-7,9,13H,2-3,8,10H2,1H3,(H,18,21). The third-order valence-corrected chi connectivity index (χ3v) is 4.02. The van der Waals surface area contributed by atoms with Crippen molar-refractivity contribution < 1.29 is 9.53 Å². The van der Waals surface area contributed by atoms with Crippen molar-refractivity contribution in [1.82, 2.24) is 15.1 Å². The number of carbonyl (C=O) groups excluding carboxylic acids is 1. The number of carbonyl (C=O) groups is 1. The summed E-state index contributed by atoms with van der Waals surface area (Å²) in [4.78, 5) is 12.2. The molecule has 1 atom stereocenters. The predicted octanol–water partition coefficient (Wildman–Crippen LogP) is 2.65. The lowest BCUT2D eigenvalue weighted by Gasteiger charge is -2.09. The van der Waals surface area contributed by atoms with Crippen molar-refractivity contribution in [2.45, 2.75) is 18.9 Å². The molecule has 1 aliphatic heterocycles. The molecule has 3 rings (SSSR count). The van der Waals surface area contributed by atoms with Crippen molar-refractivity contribution in [1.29, 1.82) is 0 Å². The maximum Gasteiger partial charge on any atom is 0.271 e. The van der Waals surface area contributed by atoms with Gasteiger partial charge >= 0.3 is 0 Å². The minimum atomic E-state index is -0.175. The molecule has 116 valence electrons. The van der Waals surface area contributed by atoms with Gasteiger partial charge in [-0.3, -0.25) is 9.48 Å². The summed E-state index contributed by atoms with van der Waals surface area (Å²) in [5.41, 5.74) is 2.25. The molecular formula is C16H18ClN3O2. The van der Waals surface area contributed by atoms with Gasteiger partial charge < -0.3 is 10.1 Å². The van der Waals surface area contributed by atoms with Gasteiger partial charge in [0.15, 0.2) is 5.69 Å². The predicted molar refractivity (Wildman–Crippen MR) is 85.0 cm³/mol. The number of ether oxygens (including phenoxy) is 1. The van der Waals surface area contributed by atoms with Crippen molar-refractivity contribution >= 4 is 17.5 Å². The first-order valence-corrected chi connectivity index (χ1v) is 7.71. The summed E-state index contributed by atoms with van der Waals surface area (Å²) in [5.74, 6) is -0.175. The van der Waals surface area contributed by atoms with Gasteiger partial charge in [0, 0.05) is 25.2 Å². The molecule has 1 saturated heterocycles. The Morgan fingerprint density at radius 3 is 2.91 bits per heavy atom. The molecule has 1 amide bonds. The lowest BCUT2D eigenvalue weighted by atomic mass is 10.1. The molecule has 5 nitrogen and oxygen atoms in total. The van der Waals surface area contributed by atoms with E-state index in [-0.39, 0.29) is 12.0 Å². The zero-order valence-electron chi connectivity index (χ0n) is 12.4. The van der Waals surface area contributed by atoms with Gasteiger partial charge in [-0.1, -0.05) is 23.7 Å². The van der Waals surface area contributed by atoms with Crippen molar-refractivity contribution in [3.8, 4) is 11.3 Å². The Balaban J connectivity index is 1.70. The number of hydrogen-bond donors (Lipinski definition) is 1. The van der Waals surface area contributed by atoms with Gasteiger partial charge in [0.05, 0.1) is 11.8 Å². The lowest BCUT2D eigenvalue weighted by molar-refractivity contribution is 0.0853. The molecule has 0 bridgehead atoms. The molecule has 0 radical (unpaired) electrons. The van der Waals surface area contributed by atoms with Gasteiger partial charge in [-0.15, -0.1) is 0 Å². The Hall–Kier alpha value is -1.85. The molecule has 0 saturated carbocycles. The summed E-state index contributed by atoms with van der Waals surface area (Å²) in [6, 6.07) is 9.25. The molecule has 1 unspecified atom stereocenters. The van der Waals surface area contributed by atoms with Crippen LogP contribution in [0.1, 0.15) is 23.3 Å². The number of rotatable bonds is 4. The van der Waals surface area contributed by atoms with Gasteiger partial charge in [0.25, 0.3) is 5.91 Å². The van der Waals surface area contributed by atoms with Crippen molar-refractivity contribution in [2.24, 2.45) is 7.05 Å². The van der Waals surface area contributed by atoms with Gasteiger partial charge in [-0.25, -0.2) is 0 Å². The van der Waals surface area contributed by atoms with Crippen LogP contribution >= 0.6 is 11.6 Å². The third kappa shape index (κ3) is 3.31. The molecule has 2 heterocycles. The SMILES string of the molecule is Cn1nc(C(=O)NCC2CCCO2)cc1-c1ccc(Cl)cc1.